The van der Waals surface area contributed by atoms with Gasteiger partial charge in [-0.05, 0) is 29.8 Å². The molecule has 2 aromatic heterocycles. The highest BCUT2D eigenvalue weighted by Gasteiger charge is 2.20. The van der Waals surface area contributed by atoms with Crippen LogP contribution in [-0.2, 0) is 6.54 Å². The van der Waals surface area contributed by atoms with Crippen LogP contribution < -0.4 is 10.4 Å². The first-order chi connectivity index (χ1) is 13.7. The Hall–Kier alpha value is -3.05. The van der Waals surface area contributed by atoms with Crippen molar-refractivity contribution >= 4 is 48.6 Å². The van der Waals surface area contributed by atoms with Crippen molar-refractivity contribution in [2.24, 2.45) is 0 Å². The normalized spacial score (nSPS) is 11.5. The van der Waals surface area contributed by atoms with E-state index in [0.29, 0.717) is 11.9 Å². The molecule has 5 heteroatoms. The van der Waals surface area contributed by atoms with Crippen LogP contribution in [0.2, 0.25) is 0 Å². The van der Waals surface area contributed by atoms with Gasteiger partial charge in [-0.15, -0.1) is 4.73 Å². The Labute approximate surface area is 169 Å². The molecule has 3 aromatic carbocycles. The number of benzene rings is 3. The topological polar surface area (TPSA) is 36.2 Å². The molecule has 0 aliphatic heterocycles. The largest absolute Gasteiger partial charge is 0.413 e. The van der Waals surface area contributed by atoms with Crippen molar-refractivity contribution < 1.29 is 4.84 Å². The van der Waals surface area contributed by atoms with Gasteiger partial charge in [0.25, 0.3) is 5.56 Å². The molecule has 0 spiro atoms. The van der Waals surface area contributed by atoms with E-state index in [-0.39, 0.29) is 5.56 Å². The van der Waals surface area contributed by atoms with Gasteiger partial charge in [-0.3, -0.25) is 4.79 Å². The van der Waals surface area contributed by atoms with Crippen molar-refractivity contribution in [3.8, 4) is 0 Å². The van der Waals surface area contributed by atoms with Crippen molar-refractivity contribution in [3.63, 3.8) is 0 Å². The summed E-state index contributed by atoms with van der Waals surface area (Å²) in [6.07, 6.45) is 0. The summed E-state index contributed by atoms with van der Waals surface area (Å²) in [5, 5.41) is 2.58. The molecule has 0 saturated carbocycles. The summed E-state index contributed by atoms with van der Waals surface area (Å²) in [4.78, 5) is 18.8. The Kier molecular flexibility index (Phi) is 3.98. The number of hydrogen-bond acceptors (Lipinski definition) is 2. The molecule has 0 unspecified atom stereocenters. The van der Waals surface area contributed by atoms with Crippen LogP contribution in [0, 0.1) is 0 Å². The van der Waals surface area contributed by atoms with Crippen molar-refractivity contribution in [2.45, 2.75) is 6.54 Å². The molecule has 2 heterocycles. The maximum Gasteiger partial charge on any atom is 0.293 e. The summed E-state index contributed by atoms with van der Waals surface area (Å²) >= 11 is 3.55. The van der Waals surface area contributed by atoms with Crippen LogP contribution in [0.3, 0.4) is 0 Å². The van der Waals surface area contributed by atoms with Gasteiger partial charge in [0.05, 0.1) is 16.4 Å². The predicted molar refractivity (Wildman–Crippen MR) is 117 cm³/mol. The molecule has 0 aliphatic rings. The average Bonchev–Trinajstić information content (AvgIpc) is 3.03. The third-order valence-corrected chi connectivity index (χ3v) is 5.66. The standard InChI is InChI=1S/C23H17BrN2O2/c1-28-26-20-10-6-5-9-17(20)22-21(23(26)27)18-13-16(24)11-12-19(18)25(22)14-15-7-3-2-4-8-15/h2-13H,14H2,1H3. The maximum absolute atomic E-state index is 13.4. The van der Waals surface area contributed by atoms with E-state index in [1.807, 2.05) is 54.6 Å². The molecule has 0 amide bonds. The Morgan fingerprint density at radius 1 is 0.893 bits per heavy atom. The lowest BCUT2D eigenvalue weighted by molar-refractivity contribution is 0.170. The van der Waals surface area contributed by atoms with Crippen molar-refractivity contribution in [2.75, 3.05) is 7.11 Å². The molecule has 138 valence electrons. The molecule has 0 atom stereocenters. The lowest BCUT2D eigenvalue weighted by Crippen LogP contribution is -2.25. The molecular weight excluding hydrogens is 416 g/mol. The first-order valence-electron chi connectivity index (χ1n) is 9.02. The van der Waals surface area contributed by atoms with Crippen LogP contribution in [0.1, 0.15) is 5.56 Å². The number of para-hydroxylation sites is 1. The van der Waals surface area contributed by atoms with E-state index >= 15 is 0 Å². The van der Waals surface area contributed by atoms with Gasteiger partial charge < -0.3 is 9.40 Å². The van der Waals surface area contributed by atoms with Crippen molar-refractivity contribution in [3.05, 3.63) is 93.2 Å². The summed E-state index contributed by atoms with van der Waals surface area (Å²) in [7, 11) is 1.53. The van der Waals surface area contributed by atoms with E-state index in [0.717, 1.165) is 31.8 Å². The average molecular weight is 433 g/mol. The second-order valence-corrected chi connectivity index (χ2v) is 7.67. The summed E-state index contributed by atoms with van der Waals surface area (Å²) < 4.78 is 4.55. The lowest BCUT2D eigenvalue weighted by atomic mass is 10.1. The number of fused-ring (bicyclic) bond motifs is 5. The Morgan fingerprint density at radius 2 is 1.64 bits per heavy atom. The highest BCUT2D eigenvalue weighted by atomic mass is 79.9. The van der Waals surface area contributed by atoms with Gasteiger partial charge in [-0.2, -0.15) is 0 Å². The van der Waals surface area contributed by atoms with E-state index in [2.05, 4.69) is 38.7 Å². The van der Waals surface area contributed by atoms with Crippen LogP contribution in [-0.4, -0.2) is 16.4 Å². The van der Waals surface area contributed by atoms with Crippen LogP contribution in [0.4, 0.5) is 0 Å². The van der Waals surface area contributed by atoms with Crippen molar-refractivity contribution in [1.82, 2.24) is 9.30 Å². The number of rotatable bonds is 3. The van der Waals surface area contributed by atoms with Gasteiger partial charge in [0, 0.05) is 27.3 Å². The fourth-order valence-corrected chi connectivity index (χ4v) is 4.36. The van der Waals surface area contributed by atoms with Crippen LogP contribution in [0.5, 0.6) is 0 Å². The van der Waals surface area contributed by atoms with Gasteiger partial charge in [0.15, 0.2) is 0 Å². The molecule has 28 heavy (non-hydrogen) atoms. The molecular formula is C23H17BrN2O2. The zero-order valence-corrected chi connectivity index (χ0v) is 16.8. The van der Waals surface area contributed by atoms with E-state index in [1.165, 1.54) is 17.4 Å². The van der Waals surface area contributed by atoms with E-state index in [9.17, 15) is 4.79 Å². The van der Waals surface area contributed by atoms with Crippen molar-refractivity contribution in [1.29, 1.82) is 0 Å². The van der Waals surface area contributed by atoms with E-state index < -0.39 is 0 Å². The number of nitrogens with zero attached hydrogens (tertiary/aromatic N) is 2. The number of hydrogen-bond donors (Lipinski definition) is 0. The monoisotopic (exact) mass is 432 g/mol. The molecule has 5 rings (SSSR count). The predicted octanol–water partition coefficient (Wildman–Crippen LogP) is 4.98. The van der Waals surface area contributed by atoms with Gasteiger partial charge in [-0.1, -0.05) is 64.5 Å². The molecule has 0 N–H and O–H groups in total. The van der Waals surface area contributed by atoms with Gasteiger partial charge in [0.1, 0.15) is 7.11 Å². The zero-order valence-electron chi connectivity index (χ0n) is 15.2. The molecule has 0 fully saturated rings. The fourth-order valence-electron chi connectivity index (χ4n) is 4.00. The molecule has 0 bridgehead atoms. The Balaban J connectivity index is 2.01. The molecule has 0 saturated heterocycles. The Morgan fingerprint density at radius 3 is 2.43 bits per heavy atom. The third-order valence-electron chi connectivity index (χ3n) is 5.17. The van der Waals surface area contributed by atoms with Crippen LogP contribution >= 0.6 is 15.9 Å². The Bertz CT molecular complexity index is 1400. The molecule has 0 radical (unpaired) electrons. The summed E-state index contributed by atoms with van der Waals surface area (Å²) in [5.41, 5.74) is 3.76. The second-order valence-electron chi connectivity index (χ2n) is 6.76. The summed E-state index contributed by atoms with van der Waals surface area (Å²) in [6, 6.07) is 24.3. The highest BCUT2D eigenvalue weighted by Crippen LogP contribution is 2.34. The minimum absolute atomic E-state index is 0.147. The van der Waals surface area contributed by atoms with Gasteiger partial charge >= 0.3 is 0 Å². The minimum Gasteiger partial charge on any atom is -0.413 e. The molecule has 4 nitrogen and oxygen atoms in total. The highest BCUT2D eigenvalue weighted by molar-refractivity contribution is 9.10. The number of pyridine rings is 1. The molecule has 5 aromatic rings. The summed E-state index contributed by atoms with van der Waals surface area (Å²) in [5.74, 6) is 0. The summed E-state index contributed by atoms with van der Waals surface area (Å²) in [6.45, 7) is 0.683. The first kappa shape index (κ1) is 17.1. The maximum atomic E-state index is 13.4. The fraction of sp³-hybridized carbons (Fsp3) is 0.0870. The molecule has 0 aliphatic carbocycles. The zero-order chi connectivity index (χ0) is 19.3. The van der Waals surface area contributed by atoms with Gasteiger partial charge in [-0.25, -0.2) is 0 Å². The van der Waals surface area contributed by atoms with E-state index in [1.54, 1.807) is 0 Å². The number of halogens is 1. The first-order valence-corrected chi connectivity index (χ1v) is 9.82. The van der Waals surface area contributed by atoms with Gasteiger partial charge in [0.2, 0.25) is 0 Å². The lowest BCUT2D eigenvalue weighted by Gasteiger charge is -2.12. The van der Waals surface area contributed by atoms with Crippen LogP contribution in [0.15, 0.2) is 82.1 Å². The minimum atomic E-state index is -0.147. The quantitative estimate of drug-likeness (QED) is 0.403. The third kappa shape index (κ3) is 2.47. The smallest absolute Gasteiger partial charge is 0.293 e. The second kappa shape index (κ2) is 6.53. The van der Waals surface area contributed by atoms with Crippen LogP contribution in [0.25, 0.3) is 32.7 Å². The van der Waals surface area contributed by atoms with E-state index in [4.69, 9.17) is 4.84 Å². The SMILES string of the molecule is COn1c(=O)c2c3cc(Br)ccc3n(Cc3ccccc3)c2c2ccccc21. The number of aromatic nitrogens is 2.